The number of benzene rings is 3. The Morgan fingerprint density at radius 2 is 1.54 bits per heavy atom. The summed E-state index contributed by atoms with van der Waals surface area (Å²) in [6.45, 7) is 3.89. The van der Waals surface area contributed by atoms with Gasteiger partial charge in [0.15, 0.2) is 0 Å². The minimum Gasteiger partial charge on any atom is -0.495 e. The van der Waals surface area contributed by atoms with E-state index in [1.165, 1.54) is 4.31 Å². The number of para-hydroxylation sites is 2. The lowest BCUT2D eigenvalue weighted by Crippen LogP contribution is -2.48. The number of carbonyl (C=O) groups is 1. The molecule has 184 valence electrons. The molecule has 0 spiro atoms. The van der Waals surface area contributed by atoms with Crippen LogP contribution in [0.25, 0.3) is 0 Å². The lowest BCUT2D eigenvalue weighted by molar-refractivity contribution is -0.117. The van der Waals surface area contributed by atoms with Gasteiger partial charge in [0.05, 0.1) is 23.6 Å². The van der Waals surface area contributed by atoms with Crippen molar-refractivity contribution in [2.75, 3.05) is 43.5 Å². The smallest absolute Gasteiger partial charge is 0.243 e. The Morgan fingerprint density at radius 3 is 2.17 bits per heavy atom. The van der Waals surface area contributed by atoms with Gasteiger partial charge in [-0.3, -0.25) is 4.79 Å². The van der Waals surface area contributed by atoms with E-state index in [4.69, 9.17) is 4.74 Å². The molecule has 1 heterocycles. The topological polar surface area (TPSA) is 79.0 Å². The molecule has 0 radical (unpaired) electrons. The van der Waals surface area contributed by atoms with E-state index in [2.05, 4.69) is 10.2 Å². The molecule has 3 aromatic carbocycles. The van der Waals surface area contributed by atoms with Crippen molar-refractivity contribution < 1.29 is 17.9 Å². The van der Waals surface area contributed by atoms with Crippen LogP contribution in [-0.2, 0) is 14.8 Å². The highest BCUT2D eigenvalue weighted by molar-refractivity contribution is 7.89. The minimum absolute atomic E-state index is 0.109. The zero-order valence-corrected chi connectivity index (χ0v) is 20.9. The molecule has 0 bridgehead atoms. The summed E-state index contributed by atoms with van der Waals surface area (Å²) in [6.07, 6.45) is 0.670. The molecule has 4 rings (SSSR count). The molecule has 7 nitrogen and oxygen atoms in total. The molecule has 0 aromatic heterocycles. The Labute approximate surface area is 207 Å². The fraction of sp³-hybridized carbons (Fsp3) is 0.296. The molecule has 8 heteroatoms. The van der Waals surface area contributed by atoms with Gasteiger partial charge in [0.25, 0.3) is 0 Å². The van der Waals surface area contributed by atoms with Crippen LogP contribution >= 0.6 is 0 Å². The van der Waals surface area contributed by atoms with Gasteiger partial charge >= 0.3 is 0 Å². The zero-order valence-electron chi connectivity index (χ0n) is 20.1. The number of nitrogens with zero attached hydrogens (tertiary/aromatic N) is 2. The number of anilines is 2. The van der Waals surface area contributed by atoms with Crippen LogP contribution < -0.4 is 15.0 Å². The molecule has 1 unspecified atom stereocenters. The summed E-state index contributed by atoms with van der Waals surface area (Å²) in [4.78, 5) is 15.2. The quantitative estimate of drug-likeness (QED) is 0.505. The predicted molar refractivity (Wildman–Crippen MR) is 139 cm³/mol. The Kier molecular flexibility index (Phi) is 7.73. The first-order valence-corrected chi connectivity index (χ1v) is 13.2. The molecule has 3 aromatic rings. The molecule has 1 aliphatic heterocycles. The van der Waals surface area contributed by atoms with Crippen molar-refractivity contribution in [1.29, 1.82) is 0 Å². The first kappa shape index (κ1) is 24.8. The maximum Gasteiger partial charge on any atom is 0.243 e. The Bertz CT molecular complexity index is 1240. The van der Waals surface area contributed by atoms with Crippen molar-refractivity contribution in [3.63, 3.8) is 0 Å². The molecule has 1 N–H and O–H groups in total. The molecule has 0 aliphatic carbocycles. The Morgan fingerprint density at radius 1 is 0.914 bits per heavy atom. The van der Waals surface area contributed by atoms with Crippen LogP contribution in [0, 0.1) is 0 Å². The van der Waals surface area contributed by atoms with Crippen molar-refractivity contribution in [2.24, 2.45) is 0 Å². The van der Waals surface area contributed by atoms with E-state index >= 15 is 0 Å². The SMILES string of the molecule is CCC(C(=O)Nc1ccc(S(=O)(=O)N2CCN(c3ccccc3OC)CC2)cc1)c1ccccc1. The predicted octanol–water partition coefficient (Wildman–Crippen LogP) is 4.34. The third-order valence-electron chi connectivity index (χ3n) is 6.35. The van der Waals surface area contributed by atoms with Gasteiger partial charge in [-0.1, -0.05) is 49.4 Å². The Hall–Kier alpha value is -3.36. The number of nitrogens with one attached hydrogen (secondary N) is 1. The number of rotatable bonds is 8. The largest absolute Gasteiger partial charge is 0.495 e. The molecule has 0 saturated carbocycles. The highest BCUT2D eigenvalue weighted by atomic mass is 32.2. The van der Waals surface area contributed by atoms with E-state index in [9.17, 15) is 13.2 Å². The number of piperazine rings is 1. The van der Waals surface area contributed by atoms with Gasteiger partial charge in [-0.15, -0.1) is 0 Å². The molecular weight excluding hydrogens is 462 g/mol. The lowest BCUT2D eigenvalue weighted by atomic mass is 9.95. The maximum atomic E-state index is 13.2. The first-order chi connectivity index (χ1) is 16.9. The second-order valence-corrected chi connectivity index (χ2v) is 10.4. The van der Waals surface area contributed by atoms with Crippen molar-refractivity contribution in [2.45, 2.75) is 24.2 Å². The standard InChI is InChI=1S/C27H31N3O4S/c1-3-24(21-9-5-4-6-10-21)27(31)28-22-13-15-23(16-14-22)35(32,33)30-19-17-29(18-20-30)25-11-7-8-12-26(25)34-2/h4-16,24H,3,17-20H2,1-2H3,(H,28,31). The highest BCUT2D eigenvalue weighted by Crippen LogP contribution is 2.29. The van der Waals surface area contributed by atoms with E-state index in [1.54, 1.807) is 31.4 Å². The molecule has 1 fully saturated rings. The third-order valence-corrected chi connectivity index (χ3v) is 8.26. The number of carbonyl (C=O) groups excluding carboxylic acids is 1. The van der Waals surface area contributed by atoms with E-state index in [0.29, 0.717) is 38.3 Å². The van der Waals surface area contributed by atoms with E-state index < -0.39 is 10.0 Å². The summed E-state index contributed by atoms with van der Waals surface area (Å²) in [6, 6.07) is 23.8. The van der Waals surface area contributed by atoms with Crippen LogP contribution in [0.5, 0.6) is 5.75 Å². The van der Waals surface area contributed by atoms with Crippen molar-refractivity contribution in [3.05, 3.63) is 84.4 Å². The fourth-order valence-electron chi connectivity index (χ4n) is 4.41. The summed E-state index contributed by atoms with van der Waals surface area (Å²) in [5.74, 6) is 0.403. The summed E-state index contributed by atoms with van der Waals surface area (Å²) < 4.78 is 33.4. The van der Waals surface area contributed by atoms with E-state index in [-0.39, 0.29) is 16.7 Å². The monoisotopic (exact) mass is 493 g/mol. The summed E-state index contributed by atoms with van der Waals surface area (Å²) in [7, 11) is -2.00. The van der Waals surface area contributed by atoms with Gasteiger partial charge in [0.1, 0.15) is 5.75 Å². The molecule has 1 saturated heterocycles. The minimum atomic E-state index is -3.63. The van der Waals surface area contributed by atoms with E-state index in [1.807, 2.05) is 61.5 Å². The van der Waals surface area contributed by atoms with Gasteiger partial charge in [0, 0.05) is 31.9 Å². The maximum absolute atomic E-state index is 13.2. The first-order valence-electron chi connectivity index (χ1n) is 11.8. The summed E-state index contributed by atoms with van der Waals surface area (Å²) in [5, 5.41) is 2.92. The van der Waals surface area contributed by atoms with Crippen molar-refractivity contribution >= 4 is 27.3 Å². The average molecular weight is 494 g/mol. The average Bonchev–Trinajstić information content (AvgIpc) is 2.90. The number of sulfonamides is 1. The molecule has 35 heavy (non-hydrogen) atoms. The highest BCUT2D eigenvalue weighted by Gasteiger charge is 2.29. The van der Waals surface area contributed by atoms with Gasteiger partial charge in [-0.2, -0.15) is 4.31 Å². The van der Waals surface area contributed by atoms with Crippen molar-refractivity contribution in [3.8, 4) is 5.75 Å². The van der Waals surface area contributed by atoms with Gasteiger partial charge in [-0.05, 0) is 48.4 Å². The number of hydrogen-bond acceptors (Lipinski definition) is 5. The second kappa shape index (κ2) is 10.9. The number of hydrogen-bond donors (Lipinski definition) is 1. The summed E-state index contributed by atoms with van der Waals surface area (Å²) >= 11 is 0. The Balaban J connectivity index is 1.40. The molecule has 1 aliphatic rings. The molecule has 1 atom stereocenters. The second-order valence-electron chi connectivity index (χ2n) is 8.45. The molecule has 1 amide bonds. The van der Waals surface area contributed by atoms with Crippen LogP contribution in [0.15, 0.2) is 83.8 Å². The lowest BCUT2D eigenvalue weighted by Gasteiger charge is -2.35. The zero-order chi connectivity index (χ0) is 24.8. The molecular formula is C27H31N3O4S. The van der Waals surface area contributed by atoms with Crippen LogP contribution in [0.2, 0.25) is 0 Å². The third kappa shape index (κ3) is 5.49. The number of methoxy groups -OCH3 is 1. The van der Waals surface area contributed by atoms with Crippen LogP contribution in [0.4, 0.5) is 11.4 Å². The van der Waals surface area contributed by atoms with Crippen LogP contribution in [0.1, 0.15) is 24.8 Å². The number of amides is 1. The fourth-order valence-corrected chi connectivity index (χ4v) is 5.83. The van der Waals surface area contributed by atoms with E-state index in [0.717, 1.165) is 17.0 Å². The van der Waals surface area contributed by atoms with Gasteiger partial charge < -0.3 is 15.0 Å². The normalized spacial score (nSPS) is 15.4. The van der Waals surface area contributed by atoms with Gasteiger partial charge in [0.2, 0.25) is 15.9 Å². The van der Waals surface area contributed by atoms with Crippen LogP contribution in [-0.4, -0.2) is 51.9 Å². The van der Waals surface area contributed by atoms with Crippen LogP contribution in [0.3, 0.4) is 0 Å². The van der Waals surface area contributed by atoms with Crippen molar-refractivity contribution in [1.82, 2.24) is 4.31 Å². The van der Waals surface area contributed by atoms with Gasteiger partial charge in [-0.25, -0.2) is 8.42 Å². The number of ether oxygens (including phenoxy) is 1. The summed E-state index contributed by atoms with van der Waals surface area (Å²) in [5.41, 5.74) is 2.50.